The van der Waals surface area contributed by atoms with E-state index in [1.807, 2.05) is 30.5 Å². The summed E-state index contributed by atoms with van der Waals surface area (Å²) in [6, 6.07) is 23.8. The molecule has 0 radical (unpaired) electrons. The number of nitrogens with zero attached hydrogens (tertiary/aromatic N) is 1. The summed E-state index contributed by atoms with van der Waals surface area (Å²) in [7, 11) is 0. The number of carbonyl (C=O) groups is 1. The third-order valence-electron chi connectivity index (χ3n) is 3.60. The van der Waals surface area contributed by atoms with Crippen molar-refractivity contribution in [1.29, 1.82) is 0 Å². The minimum atomic E-state index is -0.125. The summed E-state index contributed by atoms with van der Waals surface area (Å²) in [5.74, 6) is -0.0625. The molecule has 1 aromatic heterocycles. The number of pyridine rings is 1. The summed E-state index contributed by atoms with van der Waals surface area (Å²) >= 11 is 0. The summed E-state index contributed by atoms with van der Waals surface area (Å²) in [6.45, 7) is 4.93. The van der Waals surface area contributed by atoms with E-state index in [2.05, 4.69) is 54.4 Å². The number of aliphatic hydroxyl groups is 1. The van der Waals surface area contributed by atoms with Gasteiger partial charge >= 0.3 is 0 Å². The van der Waals surface area contributed by atoms with E-state index < -0.39 is 0 Å². The van der Waals surface area contributed by atoms with Crippen LogP contribution in [0.2, 0.25) is 0 Å². The van der Waals surface area contributed by atoms with Crippen LogP contribution in [0.25, 0.3) is 22.4 Å². The molecule has 27 heavy (non-hydrogen) atoms. The van der Waals surface area contributed by atoms with E-state index in [4.69, 9.17) is 5.11 Å². The van der Waals surface area contributed by atoms with E-state index in [0.717, 1.165) is 11.3 Å². The first-order valence-corrected chi connectivity index (χ1v) is 8.35. The predicted molar refractivity (Wildman–Crippen MR) is 106 cm³/mol. The third-order valence-corrected chi connectivity index (χ3v) is 3.60. The van der Waals surface area contributed by atoms with Crippen molar-refractivity contribution in [3.63, 3.8) is 0 Å². The first-order chi connectivity index (χ1) is 12.5. The predicted octanol–water partition coefficient (Wildman–Crippen LogP) is 5.56. The van der Waals surface area contributed by atoms with Crippen LogP contribution < -0.4 is 0 Å². The van der Waals surface area contributed by atoms with Crippen LogP contribution in [0.15, 0.2) is 78.7 Å². The van der Waals surface area contributed by atoms with Crippen molar-refractivity contribution in [3.8, 4) is 22.4 Å². The Balaban J connectivity index is 0.000000395. The number of rotatable bonds is 3. The summed E-state index contributed by atoms with van der Waals surface area (Å²) in [6.07, 6.45) is 3.00. The Labute approximate surface area is 175 Å². The molecule has 0 spiro atoms. The van der Waals surface area contributed by atoms with Gasteiger partial charge < -0.3 is 10.1 Å². The van der Waals surface area contributed by atoms with Crippen molar-refractivity contribution in [2.24, 2.45) is 0 Å². The molecule has 1 N–H and O–H groups in total. The van der Waals surface area contributed by atoms with Crippen LogP contribution in [0.5, 0.6) is 0 Å². The van der Waals surface area contributed by atoms with Crippen LogP contribution in [0.4, 0.5) is 0 Å². The number of benzene rings is 2. The zero-order chi connectivity index (χ0) is 18.9. The van der Waals surface area contributed by atoms with Gasteiger partial charge in [-0.1, -0.05) is 53.1 Å². The van der Waals surface area contributed by atoms with Crippen LogP contribution in [-0.2, 0) is 25.9 Å². The van der Waals surface area contributed by atoms with Gasteiger partial charge in [-0.2, -0.15) is 0 Å². The zero-order valence-corrected chi connectivity index (χ0v) is 17.8. The zero-order valence-electron chi connectivity index (χ0n) is 15.5. The summed E-state index contributed by atoms with van der Waals surface area (Å²) in [4.78, 5) is 14.5. The molecule has 0 saturated carbocycles. The summed E-state index contributed by atoms with van der Waals surface area (Å²) in [5, 5.41) is 8.36. The van der Waals surface area contributed by atoms with Crippen molar-refractivity contribution < 1.29 is 31.0 Å². The molecular weight excluding hydrogens is 517 g/mol. The van der Waals surface area contributed by atoms with Crippen LogP contribution in [0.1, 0.15) is 19.4 Å². The van der Waals surface area contributed by atoms with E-state index in [-0.39, 0.29) is 32.6 Å². The van der Waals surface area contributed by atoms with Crippen LogP contribution in [0.3, 0.4) is 0 Å². The number of ketones is 1. The van der Waals surface area contributed by atoms with Crippen molar-refractivity contribution in [1.82, 2.24) is 4.98 Å². The number of aliphatic hydroxyl groups excluding tert-OH is 1. The standard InChI is InChI=1S/C18H14N.C5H8O2.Pt/c1-14-8-7-13-19-18(14)17-12-6-5-11-16(17)15-9-3-2-4-10-15;1-4(6)3-5(2)7;/h2-11,13H,1H3;3,6H,1-2H3;/q-1;;/b;4-3-;. The average Bonchev–Trinajstić information content (AvgIpc) is 2.62. The van der Waals surface area contributed by atoms with Crippen LogP contribution >= 0.6 is 0 Å². The third kappa shape index (κ3) is 6.96. The van der Waals surface area contributed by atoms with Gasteiger partial charge in [0.2, 0.25) is 0 Å². The van der Waals surface area contributed by atoms with E-state index in [0.29, 0.717) is 0 Å². The van der Waals surface area contributed by atoms with Crippen LogP contribution in [0, 0.1) is 13.0 Å². The Hall–Kier alpha value is -2.51. The maximum atomic E-state index is 10.0. The molecule has 4 heteroatoms. The second-order valence-corrected chi connectivity index (χ2v) is 5.89. The first kappa shape index (κ1) is 22.5. The second-order valence-electron chi connectivity index (χ2n) is 5.89. The fourth-order valence-electron chi connectivity index (χ4n) is 2.53. The summed E-state index contributed by atoms with van der Waals surface area (Å²) < 4.78 is 0. The molecule has 0 amide bonds. The normalized spacial score (nSPS) is 10.3. The smallest absolute Gasteiger partial charge is 0.155 e. The van der Waals surface area contributed by atoms with E-state index in [1.54, 1.807) is 0 Å². The molecule has 0 fully saturated rings. The van der Waals surface area contributed by atoms with E-state index in [9.17, 15) is 4.79 Å². The molecule has 0 atom stereocenters. The molecule has 0 aliphatic rings. The van der Waals surface area contributed by atoms with Gasteiger partial charge in [-0.15, -0.1) is 29.8 Å². The molecule has 0 aliphatic carbocycles. The molecule has 0 aliphatic heterocycles. The van der Waals surface area contributed by atoms with Gasteiger partial charge in [0.25, 0.3) is 0 Å². The Morgan fingerprint density at radius 1 is 1.04 bits per heavy atom. The SMILES string of the molecule is CC(=O)/C=C(/C)O.Cc1cccnc1-c1[c-]cccc1-c1ccccc1.[Pt]. The maximum absolute atomic E-state index is 10.0. The Kier molecular flexibility index (Phi) is 9.39. The molecule has 142 valence electrons. The molecular formula is C23H22NO2Pt-. The number of allylic oxidation sites excluding steroid dienone is 2. The molecule has 0 saturated heterocycles. The topological polar surface area (TPSA) is 50.2 Å². The number of aryl methyl sites for hydroxylation is 1. The van der Waals surface area contributed by atoms with Gasteiger partial charge in [-0.05, 0) is 32.5 Å². The molecule has 1 heterocycles. The largest absolute Gasteiger partial charge is 0.512 e. The van der Waals surface area contributed by atoms with E-state index in [1.165, 1.54) is 36.6 Å². The Morgan fingerprint density at radius 3 is 2.30 bits per heavy atom. The monoisotopic (exact) mass is 539 g/mol. The van der Waals surface area contributed by atoms with Crippen LogP contribution in [-0.4, -0.2) is 15.9 Å². The Bertz CT molecular complexity index is 901. The van der Waals surface area contributed by atoms with Gasteiger partial charge in [-0.3, -0.25) is 4.79 Å². The van der Waals surface area contributed by atoms with Gasteiger partial charge in [0.15, 0.2) is 5.78 Å². The van der Waals surface area contributed by atoms with Gasteiger partial charge in [-0.25, -0.2) is 0 Å². The summed E-state index contributed by atoms with van der Waals surface area (Å²) in [5.41, 5.74) is 5.60. The molecule has 3 nitrogen and oxygen atoms in total. The fraction of sp³-hybridized carbons (Fsp3) is 0.130. The second kappa shape index (κ2) is 11.3. The minimum absolute atomic E-state index is 0. The first-order valence-electron chi connectivity index (χ1n) is 8.35. The quantitative estimate of drug-likeness (QED) is 0.270. The average molecular weight is 540 g/mol. The molecule has 0 bridgehead atoms. The molecule has 3 rings (SSSR count). The molecule has 2 aromatic carbocycles. The van der Waals surface area contributed by atoms with Gasteiger partial charge in [0.05, 0.1) is 5.76 Å². The molecule has 3 aromatic rings. The number of hydrogen-bond acceptors (Lipinski definition) is 3. The number of hydrogen-bond donors (Lipinski definition) is 1. The van der Waals surface area contributed by atoms with Gasteiger partial charge in [0, 0.05) is 33.3 Å². The number of aromatic nitrogens is 1. The van der Waals surface area contributed by atoms with Crippen molar-refractivity contribution in [2.45, 2.75) is 20.8 Å². The van der Waals surface area contributed by atoms with Crippen molar-refractivity contribution >= 4 is 5.78 Å². The van der Waals surface area contributed by atoms with Crippen molar-refractivity contribution in [2.75, 3.05) is 0 Å². The van der Waals surface area contributed by atoms with Gasteiger partial charge in [0.1, 0.15) is 0 Å². The van der Waals surface area contributed by atoms with Crippen molar-refractivity contribution in [3.05, 3.63) is 90.3 Å². The minimum Gasteiger partial charge on any atom is -0.512 e. The van der Waals surface area contributed by atoms with E-state index >= 15 is 0 Å². The maximum Gasteiger partial charge on any atom is 0.155 e. The number of carbonyl (C=O) groups excluding carboxylic acids is 1. The Morgan fingerprint density at radius 2 is 1.74 bits per heavy atom. The molecule has 0 unspecified atom stereocenters. The fourth-order valence-corrected chi connectivity index (χ4v) is 2.53.